The van der Waals surface area contributed by atoms with Crippen LogP contribution in [0.25, 0.3) is 11.1 Å². The number of aromatic nitrogens is 2. The number of nitrogens with zero attached hydrogens (tertiary/aromatic N) is 2. The van der Waals surface area contributed by atoms with Crippen LogP contribution >= 0.6 is 0 Å². The maximum Gasteiger partial charge on any atom is 0.248 e. The Labute approximate surface area is 166 Å². The van der Waals surface area contributed by atoms with E-state index in [1.807, 2.05) is 0 Å². The lowest BCUT2D eigenvalue weighted by Crippen LogP contribution is -2.43. The van der Waals surface area contributed by atoms with Gasteiger partial charge in [0, 0.05) is 49.2 Å². The summed E-state index contributed by atoms with van der Waals surface area (Å²) < 4.78 is 55.9. The number of piperidine rings is 1. The third kappa shape index (κ3) is 4.02. The van der Waals surface area contributed by atoms with Crippen LogP contribution in [0, 0.1) is 17.6 Å². The minimum Gasteiger partial charge on any atom is -0.342 e. The molecule has 1 aromatic carbocycles. The second kappa shape index (κ2) is 7.80. The van der Waals surface area contributed by atoms with Gasteiger partial charge in [-0.15, -0.1) is 0 Å². The minimum atomic E-state index is -2.66. The highest BCUT2D eigenvalue weighted by Crippen LogP contribution is 2.38. The Hall–Kier alpha value is -2.38. The number of carbonyl (C=O) groups is 1. The van der Waals surface area contributed by atoms with Crippen molar-refractivity contribution in [1.29, 1.82) is 0 Å². The zero-order chi connectivity index (χ0) is 20.6. The minimum absolute atomic E-state index is 0.0825. The molecule has 1 saturated carbocycles. The van der Waals surface area contributed by atoms with Crippen molar-refractivity contribution in [2.45, 2.75) is 50.4 Å². The van der Waals surface area contributed by atoms with Crippen molar-refractivity contribution in [2.24, 2.45) is 5.92 Å². The third-order valence-electron chi connectivity index (χ3n) is 6.23. The van der Waals surface area contributed by atoms with E-state index in [0.29, 0.717) is 37.1 Å². The fourth-order valence-electron chi connectivity index (χ4n) is 4.46. The Morgan fingerprint density at radius 3 is 2.38 bits per heavy atom. The third-order valence-corrected chi connectivity index (χ3v) is 6.23. The first-order valence-corrected chi connectivity index (χ1v) is 9.99. The largest absolute Gasteiger partial charge is 0.342 e. The van der Waals surface area contributed by atoms with E-state index in [1.165, 1.54) is 12.4 Å². The molecule has 0 unspecified atom stereocenters. The second-order valence-electron chi connectivity index (χ2n) is 8.05. The molecule has 29 heavy (non-hydrogen) atoms. The molecule has 156 valence electrons. The number of halogens is 4. The normalized spacial score (nSPS) is 20.8. The number of benzene rings is 1. The van der Waals surface area contributed by atoms with Crippen molar-refractivity contribution in [2.75, 3.05) is 13.1 Å². The van der Waals surface area contributed by atoms with Crippen molar-refractivity contribution in [3.63, 3.8) is 0 Å². The van der Waals surface area contributed by atoms with Gasteiger partial charge in [0.1, 0.15) is 0 Å². The van der Waals surface area contributed by atoms with Crippen molar-refractivity contribution >= 4 is 5.91 Å². The smallest absolute Gasteiger partial charge is 0.248 e. The number of amides is 1. The van der Waals surface area contributed by atoms with Gasteiger partial charge in [0.25, 0.3) is 0 Å². The summed E-state index contributed by atoms with van der Waals surface area (Å²) in [5.41, 5.74) is 0.951. The number of hydrogen-bond donors (Lipinski definition) is 1. The van der Waals surface area contributed by atoms with Gasteiger partial charge in [-0.05, 0) is 37.2 Å². The summed E-state index contributed by atoms with van der Waals surface area (Å²) in [6, 6.07) is 3.16. The molecule has 1 amide bonds. The maximum absolute atomic E-state index is 14.7. The van der Waals surface area contributed by atoms with Crippen LogP contribution in [0.2, 0.25) is 0 Å². The van der Waals surface area contributed by atoms with E-state index in [4.69, 9.17) is 0 Å². The van der Waals surface area contributed by atoms with Crippen LogP contribution in [0.5, 0.6) is 0 Å². The topological polar surface area (TPSA) is 49.0 Å². The molecule has 1 aliphatic carbocycles. The van der Waals surface area contributed by atoms with Gasteiger partial charge in [-0.25, -0.2) is 17.6 Å². The molecule has 2 aliphatic rings. The van der Waals surface area contributed by atoms with Gasteiger partial charge in [0.05, 0.1) is 6.20 Å². The standard InChI is InChI=1S/C21H23F4N3O/c22-18-16(1-2-17(19(18)23)15-11-26-27-12-15)13-5-9-28(10-6-13)20(29)14-3-7-21(24,25)8-4-14/h1-2,11-14H,3-10H2,(H,26,27). The van der Waals surface area contributed by atoms with Gasteiger partial charge in [-0.2, -0.15) is 5.10 Å². The molecule has 4 rings (SSSR count). The molecule has 4 nitrogen and oxygen atoms in total. The number of nitrogens with one attached hydrogen (secondary N) is 1. The SMILES string of the molecule is O=C(C1CCC(F)(F)CC1)N1CCC(c2ccc(-c3cn[nH]c3)c(F)c2F)CC1. The zero-order valence-corrected chi connectivity index (χ0v) is 15.9. The highest BCUT2D eigenvalue weighted by atomic mass is 19.3. The van der Waals surface area contributed by atoms with E-state index in [9.17, 15) is 22.4 Å². The van der Waals surface area contributed by atoms with Gasteiger partial charge in [-0.3, -0.25) is 9.89 Å². The predicted molar refractivity (Wildman–Crippen MR) is 99.4 cm³/mol. The number of hydrogen-bond acceptors (Lipinski definition) is 2. The molecule has 1 N–H and O–H groups in total. The van der Waals surface area contributed by atoms with Gasteiger partial charge in [-0.1, -0.05) is 12.1 Å². The van der Waals surface area contributed by atoms with Crippen LogP contribution in [0.4, 0.5) is 17.6 Å². The zero-order valence-electron chi connectivity index (χ0n) is 15.9. The number of aromatic amines is 1. The van der Waals surface area contributed by atoms with Crippen molar-refractivity contribution in [1.82, 2.24) is 15.1 Å². The van der Waals surface area contributed by atoms with E-state index in [0.717, 1.165) is 0 Å². The summed E-state index contributed by atoms with van der Waals surface area (Å²) >= 11 is 0. The highest BCUT2D eigenvalue weighted by molar-refractivity contribution is 5.79. The van der Waals surface area contributed by atoms with Crippen LogP contribution in [-0.4, -0.2) is 40.0 Å². The molecule has 2 fully saturated rings. The number of alkyl halides is 2. The predicted octanol–water partition coefficient (Wildman–Crippen LogP) is 4.89. The van der Waals surface area contributed by atoms with Crippen LogP contribution in [0.1, 0.15) is 50.0 Å². The monoisotopic (exact) mass is 409 g/mol. The number of likely N-dealkylation sites (tertiary alicyclic amines) is 1. The average molecular weight is 409 g/mol. The Balaban J connectivity index is 1.40. The van der Waals surface area contributed by atoms with Crippen molar-refractivity contribution in [3.8, 4) is 11.1 Å². The quantitative estimate of drug-likeness (QED) is 0.734. The fraction of sp³-hybridized carbons (Fsp3) is 0.524. The van der Waals surface area contributed by atoms with Crippen LogP contribution in [0.3, 0.4) is 0 Å². The lowest BCUT2D eigenvalue weighted by Gasteiger charge is -2.36. The molecule has 1 aromatic heterocycles. The van der Waals surface area contributed by atoms with E-state index in [-0.39, 0.29) is 49.0 Å². The van der Waals surface area contributed by atoms with E-state index >= 15 is 0 Å². The number of carbonyl (C=O) groups excluding carboxylic acids is 1. The fourth-order valence-corrected chi connectivity index (χ4v) is 4.46. The summed E-state index contributed by atoms with van der Waals surface area (Å²) in [6.45, 7) is 0.863. The Morgan fingerprint density at radius 2 is 1.76 bits per heavy atom. The van der Waals surface area contributed by atoms with E-state index < -0.39 is 17.6 Å². The maximum atomic E-state index is 14.7. The average Bonchev–Trinajstić information content (AvgIpc) is 3.24. The van der Waals surface area contributed by atoms with Crippen molar-refractivity contribution in [3.05, 3.63) is 41.7 Å². The summed E-state index contributed by atoms with van der Waals surface area (Å²) in [4.78, 5) is 14.3. The molecular weight excluding hydrogens is 386 g/mol. The molecule has 2 aromatic rings. The molecule has 1 aliphatic heterocycles. The molecule has 0 bridgehead atoms. The highest BCUT2D eigenvalue weighted by Gasteiger charge is 2.39. The van der Waals surface area contributed by atoms with Gasteiger partial charge >= 0.3 is 0 Å². The number of H-pyrrole nitrogens is 1. The molecular formula is C21H23F4N3O. The molecule has 8 heteroatoms. The first-order chi connectivity index (χ1) is 13.9. The Bertz CT molecular complexity index is 866. The summed E-state index contributed by atoms with van der Waals surface area (Å²) in [5.74, 6) is -5.03. The Morgan fingerprint density at radius 1 is 1.07 bits per heavy atom. The molecule has 0 atom stereocenters. The number of rotatable bonds is 3. The first kappa shape index (κ1) is 19.9. The molecule has 0 spiro atoms. The van der Waals surface area contributed by atoms with E-state index in [2.05, 4.69) is 10.2 Å². The van der Waals surface area contributed by atoms with Crippen LogP contribution < -0.4 is 0 Å². The van der Waals surface area contributed by atoms with Gasteiger partial charge in [0.15, 0.2) is 11.6 Å². The molecule has 1 saturated heterocycles. The first-order valence-electron chi connectivity index (χ1n) is 9.99. The molecule has 0 radical (unpaired) electrons. The summed E-state index contributed by atoms with van der Waals surface area (Å²) in [6.07, 6.45) is 3.92. The summed E-state index contributed by atoms with van der Waals surface area (Å²) in [7, 11) is 0. The summed E-state index contributed by atoms with van der Waals surface area (Å²) in [5, 5.41) is 6.34. The van der Waals surface area contributed by atoms with Crippen LogP contribution in [-0.2, 0) is 4.79 Å². The Kier molecular flexibility index (Phi) is 5.36. The van der Waals surface area contributed by atoms with Crippen molar-refractivity contribution < 1.29 is 22.4 Å². The van der Waals surface area contributed by atoms with Gasteiger partial charge < -0.3 is 4.90 Å². The van der Waals surface area contributed by atoms with Gasteiger partial charge in [0.2, 0.25) is 11.8 Å². The lowest BCUT2D eigenvalue weighted by atomic mass is 9.84. The molecule has 2 heterocycles. The lowest BCUT2D eigenvalue weighted by molar-refractivity contribution is -0.140. The van der Waals surface area contributed by atoms with E-state index in [1.54, 1.807) is 17.0 Å². The van der Waals surface area contributed by atoms with Crippen LogP contribution in [0.15, 0.2) is 24.5 Å². The second-order valence-corrected chi connectivity index (χ2v) is 8.05.